The van der Waals surface area contributed by atoms with Crippen LogP contribution in [0, 0.1) is 17.6 Å². The molecule has 0 bridgehead atoms. The van der Waals surface area contributed by atoms with E-state index in [0.717, 1.165) is 25.0 Å². The van der Waals surface area contributed by atoms with Crippen molar-refractivity contribution in [3.05, 3.63) is 29.8 Å². The van der Waals surface area contributed by atoms with Crippen LogP contribution >= 0.6 is 0 Å². The molecule has 5 heteroatoms. The summed E-state index contributed by atoms with van der Waals surface area (Å²) in [6.45, 7) is 1.02. The average Bonchev–Trinajstić information content (AvgIpc) is 2.34. The summed E-state index contributed by atoms with van der Waals surface area (Å²) >= 11 is 0. The Labute approximate surface area is 97.8 Å². The van der Waals surface area contributed by atoms with Crippen molar-refractivity contribution in [2.24, 2.45) is 5.92 Å². The van der Waals surface area contributed by atoms with Crippen LogP contribution in [0.1, 0.15) is 12.8 Å². The Morgan fingerprint density at radius 1 is 1.41 bits per heavy atom. The molecule has 1 saturated heterocycles. The van der Waals surface area contributed by atoms with E-state index in [9.17, 15) is 13.6 Å². The van der Waals surface area contributed by atoms with Crippen molar-refractivity contribution in [2.75, 3.05) is 18.5 Å². The zero-order chi connectivity index (χ0) is 12.3. The Kier molecular flexibility index (Phi) is 3.68. The van der Waals surface area contributed by atoms with Gasteiger partial charge in [-0.2, -0.15) is 0 Å². The van der Waals surface area contributed by atoms with Gasteiger partial charge >= 0.3 is 0 Å². The Bertz CT molecular complexity index is 417. The summed E-state index contributed by atoms with van der Waals surface area (Å²) < 4.78 is 31.1. The second-order valence-corrected chi connectivity index (χ2v) is 4.03. The molecule has 1 fully saturated rings. The minimum Gasteiger partial charge on any atom is -0.381 e. The molecule has 92 valence electrons. The lowest BCUT2D eigenvalue weighted by Crippen LogP contribution is -2.30. The van der Waals surface area contributed by atoms with Gasteiger partial charge in [0.25, 0.3) is 0 Å². The molecule has 0 aliphatic carbocycles. The molecular formula is C12H13F2NO2. The van der Waals surface area contributed by atoms with E-state index in [1.807, 2.05) is 0 Å². The van der Waals surface area contributed by atoms with Crippen molar-refractivity contribution in [1.82, 2.24) is 0 Å². The minimum absolute atomic E-state index is 0.00183. The number of nitrogens with one attached hydrogen (secondary N) is 1. The van der Waals surface area contributed by atoms with E-state index in [-0.39, 0.29) is 17.5 Å². The van der Waals surface area contributed by atoms with Crippen LogP contribution in [0.3, 0.4) is 0 Å². The summed E-state index contributed by atoms with van der Waals surface area (Å²) in [6, 6.07) is 3.06. The van der Waals surface area contributed by atoms with Gasteiger partial charge in [-0.15, -0.1) is 0 Å². The standard InChI is InChI=1S/C12H13F2NO2/c13-9-3-4-11(10(14)6-9)15-12(16)8-2-1-5-17-7-8/h3-4,6,8H,1-2,5,7H2,(H,15,16). The number of ether oxygens (including phenoxy) is 1. The van der Waals surface area contributed by atoms with E-state index < -0.39 is 11.6 Å². The molecule has 3 nitrogen and oxygen atoms in total. The summed E-state index contributed by atoms with van der Waals surface area (Å²) in [5.41, 5.74) is 0.00183. The van der Waals surface area contributed by atoms with Gasteiger partial charge in [0.1, 0.15) is 11.6 Å². The molecule has 1 amide bonds. The number of rotatable bonds is 2. The van der Waals surface area contributed by atoms with Gasteiger partial charge in [-0.3, -0.25) is 4.79 Å². The van der Waals surface area contributed by atoms with Gasteiger partial charge in [-0.1, -0.05) is 0 Å². The lowest BCUT2D eigenvalue weighted by Gasteiger charge is -2.21. The Morgan fingerprint density at radius 2 is 2.24 bits per heavy atom. The Balaban J connectivity index is 2.02. The maximum absolute atomic E-state index is 13.3. The van der Waals surface area contributed by atoms with Crippen LogP contribution in [-0.4, -0.2) is 19.1 Å². The number of hydrogen-bond donors (Lipinski definition) is 1. The third-order valence-corrected chi connectivity index (χ3v) is 2.72. The van der Waals surface area contributed by atoms with Crippen molar-refractivity contribution in [3.63, 3.8) is 0 Å². The fourth-order valence-electron chi connectivity index (χ4n) is 1.77. The van der Waals surface area contributed by atoms with E-state index >= 15 is 0 Å². The van der Waals surface area contributed by atoms with Gasteiger partial charge in [0.05, 0.1) is 18.2 Å². The summed E-state index contributed by atoms with van der Waals surface area (Å²) in [5.74, 6) is -1.97. The molecule has 1 atom stereocenters. The fourth-order valence-corrected chi connectivity index (χ4v) is 1.77. The predicted molar refractivity (Wildman–Crippen MR) is 58.5 cm³/mol. The van der Waals surface area contributed by atoms with Gasteiger partial charge in [0.15, 0.2) is 0 Å². The molecule has 1 unspecified atom stereocenters. The monoisotopic (exact) mass is 241 g/mol. The summed E-state index contributed by atoms with van der Waals surface area (Å²) in [4.78, 5) is 11.8. The molecule has 1 aromatic carbocycles. The van der Waals surface area contributed by atoms with Gasteiger partial charge in [-0.05, 0) is 25.0 Å². The van der Waals surface area contributed by atoms with Crippen molar-refractivity contribution in [1.29, 1.82) is 0 Å². The van der Waals surface area contributed by atoms with Crippen molar-refractivity contribution >= 4 is 11.6 Å². The zero-order valence-corrected chi connectivity index (χ0v) is 9.21. The molecule has 2 rings (SSSR count). The first kappa shape index (κ1) is 12.0. The minimum atomic E-state index is -0.768. The topological polar surface area (TPSA) is 38.3 Å². The van der Waals surface area contributed by atoms with E-state index in [1.165, 1.54) is 6.07 Å². The van der Waals surface area contributed by atoms with E-state index in [4.69, 9.17) is 4.74 Å². The van der Waals surface area contributed by atoms with E-state index in [1.54, 1.807) is 0 Å². The summed E-state index contributed by atoms with van der Waals surface area (Å²) in [7, 11) is 0. The van der Waals surface area contributed by atoms with Crippen LogP contribution in [0.15, 0.2) is 18.2 Å². The van der Waals surface area contributed by atoms with Gasteiger partial charge in [-0.25, -0.2) is 8.78 Å². The van der Waals surface area contributed by atoms with Crippen LogP contribution < -0.4 is 5.32 Å². The van der Waals surface area contributed by atoms with Crippen LogP contribution in [0.5, 0.6) is 0 Å². The molecule has 0 aromatic heterocycles. The highest BCUT2D eigenvalue weighted by molar-refractivity contribution is 5.92. The molecule has 0 radical (unpaired) electrons. The van der Waals surface area contributed by atoms with Crippen LogP contribution in [0.25, 0.3) is 0 Å². The fraction of sp³-hybridized carbons (Fsp3) is 0.417. The highest BCUT2D eigenvalue weighted by Crippen LogP contribution is 2.19. The quantitative estimate of drug-likeness (QED) is 0.863. The number of amides is 1. The van der Waals surface area contributed by atoms with Crippen LogP contribution in [0.4, 0.5) is 14.5 Å². The molecule has 1 aromatic rings. The van der Waals surface area contributed by atoms with Crippen LogP contribution in [0.2, 0.25) is 0 Å². The molecular weight excluding hydrogens is 228 g/mol. The molecule has 1 aliphatic heterocycles. The number of carbonyl (C=O) groups is 1. The second-order valence-electron chi connectivity index (χ2n) is 4.03. The van der Waals surface area contributed by atoms with Crippen molar-refractivity contribution in [3.8, 4) is 0 Å². The predicted octanol–water partition coefficient (Wildman–Crippen LogP) is 2.33. The molecule has 1 N–H and O–H groups in total. The van der Waals surface area contributed by atoms with Gasteiger partial charge in [0.2, 0.25) is 5.91 Å². The SMILES string of the molecule is O=C(Nc1ccc(F)cc1F)C1CCCOC1. The third kappa shape index (κ3) is 3.00. The highest BCUT2D eigenvalue weighted by atomic mass is 19.1. The van der Waals surface area contributed by atoms with Gasteiger partial charge in [0, 0.05) is 12.7 Å². The van der Waals surface area contributed by atoms with Gasteiger partial charge < -0.3 is 10.1 Å². The third-order valence-electron chi connectivity index (χ3n) is 2.72. The molecule has 0 spiro atoms. The van der Waals surface area contributed by atoms with Crippen molar-refractivity contribution < 1.29 is 18.3 Å². The molecule has 1 aliphatic rings. The maximum atomic E-state index is 13.3. The summed E-state index contributed by atoms with van der Waals surface area (Å²) in [6.07, 6.45) is 1.55. The van der Waals surface area contributed by atoms with Crippen LogP contribution in [-0.2, 0) is 9.53 Å². The number of benzene rings is 1. The second kappa shape index (κ2) is 5.23. The molecule has 0 saturated carbocycles. The highest BCUT2D eigenvalue weighted by Gasteiger charge is 2.22. The number of carbonyl (C=O) groups excluding carboxylic acids is 1. The number of anilines is 1. The lowest BCUT2D eigenvalue weighted by molar-refractivity contribution is -0.123. The first-order valence-corrected chi connectivity index (χ1v) is 5.50. The largest absolute Gasteiger partial charge is 0.381 e. The molecule has 17 heavy (non-hydrogen) atoms. The first-order chi connectivity index (χ1) is 8.16. The van der Waals surface area contributed by atoms with Crippen molar-refractivity contribution in [2.45, 2.75) is 12.8 Å². The first-order valence-electron chi connectivity index (χ1n) is 5.50. The lowest BCUT2D eigenvalue weighted by atomic mass is 10.0. The smallest absolute Gasteiger partial charge is 0.229 e. The van der Waals surface area contributed by atoms with E-state index in [2.05, 4.69) is 5.32 Å². The Hall–Kier alpha value is -1.49. The Morgan fingerprint density at radius 3 is 2.88 bits per heavy atom. The molecule has 1 heterocycles. The zero-order valence-electron chi connectivity index (χ0n) is 9.21. The maximum Gasteiger partial charge on any atom is 0.229 e. The summed E-state index contributed by atoms with van der Waals surface area (Å²) in [5, 5.41) is 2.45. The average molecular weight is 241 g/mol. The van der Waals surface area contributed by atoms with E-state index in [0.29, 0.717) is 13.2 Å². The normalized spacial score (nSPS) is 20.0. The number of hydrogen-bond acceptors (Lipinski definition) is 2. The number of halogens is 2.